The minimum atomic E-state index is -1.03. The molecule has 0 aliphatic carbocycles. The molecular weight excluding hydrogens is 346 g/mol. The Balaban J connectivity index is 1.88. The Hall–Kier alpha value is -3.61. The minimum Gasteiger partial charge on any atom is -0.479 e. The summed E-state index contributed by atoms with van der Waals surface area (Å²) in [7, 11) is 0. The summed E-state index contributed by atoms with van der Waals surface area (Å²) in [6.07, 6.45) is 18.3. The molecule has 0 aromatic carbocycles. The molecule has 1 N–H and O–H groups in total. The Kier molecular flexibility index (Phi) is 6.19. The van der Waals surface area contributed by atoms with E-state index in [0.717, 1.165) is 5.56 Å². The van der Waals surface area contributed by atoms with E-state index in [1.807, 2.05) is 48.6 Å². The largest absolute Gasteiger partial charge is 0.479 e. The molecule has 1 unspecified atom stereocenters. The van der Waals surface area contributed by atoms with E-state index in [9.17, 15) is 9.90 Å². The first kappa shape index (κ1) is 18.2. The molecule has 1 atom stereocenters. The molecule has 1 aromatic heterocycles. The van der Waals surface area contributed by atoms with Crippen molar-refractivity contribution in [1.29, 1.82) is 0 Å². The maximum Gasteiger partial charge on any atom is 0.352 e. The summed E-state index contributed by atoms with van der Waals surface area (Å²) in [5, 5.41) is 9.41. The van der Waals surface area contributed by atoms with Gasteiger partial charge in [0.2, 0.25) is 5.88 Å². The fraction of sp³-hybridized carbons (Fsp3) is 0.150. The van der Waals surface area contributed by atoms with Gasteiger partial charge in [0.25, 0.3) is 0 Å². The molecule has 3 heterocycles. The van der Waals surface area contributed by atoms with Crippen molar-refractivity contribution < 1.29 is 19.4 Å². The average Bonchev–Trinajstić information content (AvgIpc) is 3.06. The standard InChI is InChI=1S/C20H19N3O4/c24-20(25)18-13-17-14-23(18)11-10-21-15-26-12-5-3-1-2-4-7-16-8-6-9-22-19(16)27-17/h1-11,13,15,17H,12,14H2,(H,24,25). The number of ether oxygens (including phenoxy) is 2. The van der Waals surface area contributed by atoms with E-state index >= 15 is 0 Å². The van der Waals surface area contributed by atoms with Crippen LogP contribution in [0.1, 0.15) is 5.56 Å². The van der Waals surface area contributed by atoms with Crippen LogP contribution in [0.25, 0.3) is 6.08 Å². The highest BCUT2D eigenvalue weighted by Gasteiger charge is 2.28. The van der Waals surface area contributed by atoms with E-state index in [4.69, 9.17) is 9.47 Å². The lowest BCUT2D eigenvalue weighted by Gasteiger charge is -2.17. The van der Waals surface area contributed by atoms with Gasteiger partial charge in [0.1, 0.15) is 18.4 Å². The van der Waals surface area contributed by atoms with Crippen molar-refractivity contribution >= 4 is 18.4 Å². The molecule has 0 amide bonds. The predicted molar refractivity (Wildman–Crippen MR) is 102 cm³/mol. The van der Waals surface area contributed by atoms with Crippen molar-refractivity contribution in [2.45, 2.75) is 6.10 Å². The van der Waals surface area contributed by atoms with Gasteiger partial charge in [0.05, 0.1) is 6.54 Å². The van der Waals surface area contributed by atoms with Crippen LogP contribution in [-0.4, -0.2) is 46.6 Å². The molecule has 7 heteroatoms. The first-order valence-electron chi connectivity index (χ1n) is 8.37. The fourth-order valence-corrected chi connectivity index (χ4v) is 2.51. The molecule has 0 radical (unpaired) electrons. The van der Waals surface area contributed by atoms with Crippen molar-refractivity contribution in [2.24, 2.45) is 4.99 Å². The maximum absolute atomic E-state index is 11.5. The number of aromatic nitrogens is 1. The van der Waals surface area contributed by atoms with E-state index in [2.05, 4.69) is 9.98 Å². The number of pyridine rings is 1. The van der Waals surface area contributed by atoms with Crippen molar-refractivity contribution in [2.75, 3.05) is 13.2 Å². The summed E-state index contributed by atoms with van der Waals surface area (Å²) in [5.41, 5.74) is 0.934. The van der Waals surface area contributed by atoms with Crippen LogP contribution in [0.5, 0.6) is 5.88 Å². The number of rotatable bonds is 1. The van der Waals surface area contributed by atoms with Crippen LogP contribution in [0.15, 0.2) is 77.9 Å². The Morgan fingerprint density at radius 1 is 1.26 bits per heavy atom. The number of hydrogen-bond donors (Lipinski definition) is 1. The van der Waals surface area contributed by atoms with Crippen molar-refractivity contribution in [1.82, 2.24) is 9.88 Å². The van der Waals surface area contributed by atoms with Gasteiger partial charge in [-0.2, -0.15) is 0 Å². The van der Waals surface area contributed by atoms with E-state index in [1.54, 1.807) is 23.4 Å². The summed E-state index contributed by atoms with van der Waals surface area (Å²) in [6.45, 7) is 0.731. The maximum atomic E-state index is 11.5. The van der Waals surface area contributed by atoms with Crippen molar-refractivity contribution in [3.63, 3.8) is 0 Å². The summed E-state index contributed by atoms with van der Waals surface area (Å²) in [4.78, 5) is 21.3. The number of aliphatic carboxylic acids is 1. The first-order chi connectivity index (χ1) is 13.2. The van der Waals surface area contributed by atoms with Crippen LogP contribution in [0, 0.1) is 0 Å². The van der Waals surface area contributed by atoms with Gasteiger partial charge in [-0.3, -0.25) is 0 Å². The number of fused-ring (bicyclic) bond motifs is 3. The highest BCUT2D eigenvalue weighted by Crippen LogP contribution is 2.23. The van der Waals surface area contributed by atoms with Crippen molar-refractivity contribution in [3.05, 3.63) is 78.4 Å². The topological polar surface area (TPSA) is 84.2 Å². The lowest BCUT2D eigenvalue weighted by molar-refractivity contribution is -0.133. The second kappa shape index (κ2) is 9.19. The van der Waals surface area contributed by atoms with Crippen LogP contribution in [-0.2, 0) is 9.53 Å². The second-order valence-corrected chi connectivity index (χ2v) is 5.62. The molecule has 0 fully saturated rings. The predicted octanol–water partition coefficient (Wildman–Crippen LogP) is 2.77. The second-order valence-electron chi connectivity index (χ2n) is 5.62. The molecule has 0 saturated heterocycles. The Labute approximate surface area is 157 Å². The number of aliphatic imine (C=N–C) groups is 1. The Morgan fingerprint density at radius 2 is 2.15 bits per heavy atom. The van der Waals surface area contributed by atoms with Gasteiger partial charge in [0.15, 0.2) is 6.40 Å². The summed E-state index contributed by atoms with van der Waals surface area (Å²) in [5.74, 6) is -0.588. The smallest absolute Gasteiger partial charge is 0.352 e. The van der Waals surface area contributed by atoms with Gasteiger partial charge in [-0.25, -0.2) is 14.8 Å². The van der Waals surface area contributed by atoms with E-state index < -0.39 is 12.1 Å². The third kappa shape index (κ3) is 5.18. The summed E-state index contributed by atoms with van der Waals surface area (Å²) in [6, 6.07) is 3.71. The molecule has 0 spiro atoms. The highest BCUT2D eigenvalue weighted by molar-refractivity contribution is 5.86. The van der Waals surface area contributed by atoms with E-state index in [-0.39, 0.29) is 5.70 Å². The summed E-state index contributed by atoms with van der Waals surface area (Å²) < 4.78 is 11.1. The zero-order chi connectivity index (χ0) is 18.9. The van der Waals surface area contributed by atoms with Crippen LogP contribution in [0.2, 0.25) is 0 Å². The average molecular weight is 365 g/mol. The van der Waals surface area contributed by atoms with Crippen LogP contribution in [0.3, 0.4) is 0 Å². The third-order valence-corrected chi connectivity index (χ3v) is 3.72. The zero-order valence-corrected chi connectivity index (χ0v) is 14.5. The molecule has 2 bridgehead atoms. The Bertz CT molecular complexity index is 853. The van der Waals surface area contributed by atoms with Crippen LogP contribution < -0.4 is 4.74 Å². The van der Waals surface area contributed by atoms with Crippen molar-refractivity contribution in [3.8, 4) is 5.88 Å². The lowest BCUT2D eigenvalue weighted by Crippen LogP contribution is -2.25. The van der Waals surface area contributed by atoms with Gasteiger partial charge >= 0.3 is 5.97 Å². The molecule has 138 valence electrons. The molecule has 7 nitrogen and oxygen atoms in total. The van der Waals surface area contributed by atoms with Gasteiger partial charge in [-0.1, -0.05) is 24.3 Å². The molecule has 1 aromatic rings. The molecular formula is C20H19N3O4. The SMILES string of the molecule is O=C(O)C1=CC2CN1C=CN=COCC=CC=CC=Cc1cccnc1O2. The Morgan fingerprint density at radius 3 is 3.04 bits per heavy atom. The monoisotopic (exact) mass is 365 g/mol. The van der Waals surface area contributed by atoms with Gasteiger partial charge in [-0.05, 0) is 30.4 Å². The van der Waals surface area contributed by atoms with Crippen LogP contribution >= 0.6 is 0 Å². The molecule has 2 aliphatic rings. The number of carbonyl (C=O) groups is 1. The number of nitrogens with zero attached hydrogens (tertiary/aromatic N) is 3. The normalized spacial score (nSPS) is 19.5. The zero-order valence-electron chi connectivity index (χ0n) is 14.5. The quantitative estimate of drug-likeness (QED) is 0.824. The van der Waals surface area contributed by atoms with Gasteiger partial charge in [-0.15, -0.1) is 0 Å². The molecule has 27 heavy (non-hydrogen) atoms. The molecule has 2 aliphatic heterocycles. The van der Waals surface area contributed by atoms with Gasteiger partial charge in [0, 0.05) is 24.2 Å². The van der Waals surface area contributed by atoms with E-state index in [0.29, 0.717) is 19.0 Å². The molecule has 0 saturated carbocycles. The fourth-order valence-electron chi connectivity index (χ4n) is 2.51. The minimum absolute atomic E-state index is 0.129. The first-order valence-corrected chi connectivity index (χ1v) is 8.37. The number of carboxylic acids is 1. The lowest BCUT2D eigenvalue weighted by atomic mass is 10.2. The number of hydrogen-bond acceptors (Lipinski definition) is 6. The molecule has 3 rings (SSSR count). The third-order valence-electron chi connectivity index (χ3n) is 3.72. The highest BCUT2D eigenvalue weighted by atomic mass is 16.5. The number of allylic oxidation sites excluding steroid dienone is 4. The number of carboxylic acid groups (broad SMARTS) is 1. The summed E-state index contributed by atoms with van der Waals surface area (Å²) >= 11 is 0. The van der Waals surface area contributed by atoms with E-state index in [1.165, 1.54) is 12.6 Å². The van der Waals surface area contributed by atoms with Crippen LogP contribution in [0.4, 0.5) is 0 Å². The van der Waals surface area contributed by atoms with Gasteiger partial charge < -0.3 is 19.5 Å².